The highest BCUT2D eigenvalue weighted by Crippen LogP contribution is 1.92. The Morgan fingerprint density at radius 2 is 2.05 bits per heavy atom. The molecule has 0 aromatic carbocycles. The Labute approximate surface area is 113 Å². The van der Waals surface area contributed by atoms with Crippen molar-refractivity contribution in [2.45, 2.75) is 19.0 Å². The number of aliphatic carboxylic acids is 1. The van der Waals surface area contributed by atoms with Crippen LogP contribution in [0.2, 0.25) is 0 Å². The summed E-state index contributed by atoms with van der Waals surface area (Å²) in [6.07, 6.45) is 1.02. The van der Waals surface area contributed by atoms with Gasteiger partial charge in [0.25, 0.3) is 5.56 Å². The van der Waals surface area contributed by atoms with Gasteiger partial charge in [-0.15, -0.1) is 0 Å². The number of hydrogen-bond donors (Lipinski definition) is 3. The van der Waals surface area contributed by atoms with Crippen LogP contribution in [0.1, 0.15) is 6.42 Å². The second-order valence-electron chi connectivity index (χ2n) is 4.09. The van der Waals surface area contributed by atoms with Gasteiger partial charge < -0.3 is 15.5 Å². The van der Waals surface area contributed by atoms with Gasteiger partial charge in [0.15, 0.2) is 0 Å². The third-order valence-electron chi connectivity index (χ3n) is 2.63. The van der Waals surface area contributed by atoms with E-state index in [1.54, 1.807) is 0 Å². The summed E-state index contributed by atoms with van der Waals surface area (Å²) in [5.74, 6) is -1.98. The summed E-state index contributed by atoms with van der Waals surface area (Å²) >= 11 is 0. The molecule has 0 aliphatic rings. The number of hydrogen-bond acceptors (Lipinski definition) is 5. The van der Waals surface area contributed by atoms with E-state index in [-0.39, 0.29) is 6.42 Å². The van der Waals surface area contributed by atoms with Crippen LogP contribution in [0.15, 0.2) is 21.9 Å². The maximum absolute atomic E-state index is 11.7. The topological polar surface area (TPSA) is 131 Å². The van der Waals surface area contributed by atoms with E-state index in [9.17, 15) is 19.2 Å². The lowest BCUT2D eigenvalue weighted by Gasteiger charge is -2.14. The smallest absolute Gasteiger partial charge is 0.331 e. The minimum atomic E-state index is -1.28. The van der Waals surface area contributed by atoms with Gasteiger partial charge in [0.1, 0.15) is 12.6 Å². The Bertz CT molecular complexity index is 617. The SMILES string of the molecule is Cn1c(=O)ccn(CC(=O)N[C@@H](CCO)C(=O)O)c1=O. The van der Waals surface area contributed by atoms with Crippen LogP contribution in [0.4, 0.5) is 0 Å². The minimum Gasteiger partial charge on any atom is -0.480 e. The Morgan fingerprint density at radius 3 is 2.60 bits per heavy atom. The molecule has 1 atom stereocenters. The summed E-state index contributed by atoms with van der Waals surface area (Å²) in [6.45, 7) is -0.806. The largest absolute Gasteiger partial charge is 0.480 e. The van der Waals surface area contributed by atoms with Crippen molar-refractivity contribution < 1.29 is 19.8 Å². The fraction of sp³-hybridized carbons (Fsp3) is 0.455. The lowest BCUT2D eigenvalue weighted by molar-refractivity contribution is -0.142. The second kappa shape index (κ2) is 6.66. The van der Waals surface area contributed by atoms with E-state index < -0.39 is 42.3 Å². The first kappa shape index (κ1) is 15.6. The van der Waals surface area contributed by atoms with E-state index in [0.717, 1.165) is 21.4 Å². The van der Waals surface area contributed by atoms with E-state index in [0.29, 0.717) is 0 Å². The number of carbonyl (C=O) groups is 2. The summed E-state index contributed by atoms with van der Waals surface area (Å²) in [6, 6.07) is -0.104. The number of carboxylic acid groups (broad SMARTS) is 1. The molecule has 1 heterocycles. The van der Waals surface area contributed by atoms with Crippen LogP contribution in [0.5, 0.6) is 0 Å². The first-order valence-electron chi connectivity index (χ1n) is 5.76. The van der Waals surface area contributed by atoms with Crippen LogP contribution < -0.4 is 16.6 Å². The predicted octanol–water partition coefficient (Wildman–Crippen LogP) is -2.50. The summed E-state index contributed by atoms with van der Waals surface area (Å²) in [5, 5.41) is 19.7. The van der Waals surface area contributed by atoms with Crippen molar-refractivity contribution in [1.29, 1.82) is 0 Å². The molecule has 0 bridgehead atoms. The average molecular weight is 285 g/mol. The zero-order chi connectivity index (χ0) is 15.3. The fourth-order valence-electron chi connectivity index (χ4n) is 1.52. The predicted molar refractivity (Wildman–Crippen MR) is 67.2 cm³/mol. The van der Waals surface area contributed by atoms with Crippen LogP contribution in [0, 0.1) is 0 Å². The summed E-state index contributed by atoms with van der Waals surface area (Å²) in [4.78, 5) is 45.3. The third kappa shape index (κ3) is 3.79. The number of aromatic nitrogens is 2. The van der Waals surface area contributed by atoms with Crippen LogP contribution in [-0.4, -0.2) is 43.9 Å². The van der Waals surface area contributed by atoms with Crippen molar-refractivity contribution in [1.82, 2.24) is 14.5 Å². The second-order valence-corrected chi connectivity index (χ2v) is 4.09. The van der Waals surface area contributed by atoms with Gasteiger partial charge in [0.05, 0.1) is 0 Å². The number of carboxylic acids is 1. The van der Waals surface area contributed by atoms with Crippen molar-refractivity contribution in [3.63, 3.8) is 0 Å². The number of aliphatic hydroxyl groups excluding tert-OH is 1. The molecule has 9 nitrogen and oxygen atoms in total. The molecule has 1 amide bonds. The highest BCUT2D eigenvalue weighted by molar-refractivity contribution is 5.83. The standard InChI is InChI=1S/C11H15N3O6/c1-13-9(17)2-4-14(11(13)20)6-8(16)12-7(3-5-15)10(18)19/h2,4,7,15H,3,5-6H2,1H3,(H,12,16)(H,18,19)/t7-/m0/s1. The molecular weight excluding hydrogens is 270 g/mol. The molecule has 0 saturated heterocycles. The molecule has 0 spiro atoms. The zero-order valence-electron chi connectivity index (χ0n) is 10.8. The molecule has 0 unspecified atom stereocenters. The molecular formula is C11H15N3O6. The highest BCUT2D eigenvalue weighted by Gasteiger charge is 2.19. The molecule has 20 heavy (non-hydrogen) atoms. The van der Waals surface area contributed by atoms with Gasteiger partial charge in [0.2, 0.25) is 5.91 Å². The van der Waals surface area contributed by atoms with Crippen molar-refractivity contribution >= 4 is 11.9 Å². The number of nitrogens with one attached hydrogen (secondary N) is 1. The Balaban J connectivity index is 2.81. The number of amides is 1. The minimum absolute atomic E-state index is 0.136. The Kier molecular flexibility index (Phi) is 5.21. The first-order valence-corrected chi connectivity index (χ1v) is 5.76. The normalized spacial score (nSPS) is 11.9. The van der Waals surface area contributed by atoms with Crippen LogP contribution in [0.3, 0.4) is 0 Å². The molecule has 110 valence electrons. The van der Waals surface area contributed by atoms with E-state index in [1.807, 2.05) is 0 Å². The van der Waals surface area contributed by atoms with Crippen LogP contribution in [-0.2, 0) is 23.2 Å². The van der Waals surface area contributed by atoms with Gasteiger partial charge in [-0.2, -0.15) is 0 Å². The molecule has 9 heteroatoms. The number of carbonyl (C=O) groups excluding carboxylic acids is 1. The van der Waals surface area contributed by atoms with Gasteiger partial charge in [0, 0.05) is 32.3 Å². The Morgan fingerprint density at radius 1 is 1.40 bits per heavy atom. The van der Waals surface area contributed by atoms with Crippen molar-refractivity contribution in [3.05, 3.63) is 33.1 Å². The molecule has 3 N–H and O–H groups in total. The Hall–Kier alpha value is -2.42. The molecule has 0 aliphatic carbocycles. The maximum Gasteiger partial charge on any atom is 0.331 e. The molecule has 1 rings (SSSR count). The highest BCUT2D eigenvalue weighted by atomic mass is 16.4. The molecule has 0 fully saturated rings. The van der Waals surface area contributed by atoms with Gasteiger partial charge in [-0.1, -0.05) is 0 Å². The first-order chi connectivity index (χ1) is 9.36. The summed E-state index contributed by atoms with van der Waals surface area (Å²) in [7, 11) is 1.27. The summed E-state index contributed by atoms with van der Waals surface area (Å²) < 4.78 is 1.81. The number of aliphatic hydroxyl groups is 1. The zero-order valence-corrected chi connectivity index (χ0v) is 10.8. The van der Waals surface area contributed by atoms with Crippen molar-refractivity contribution in [3.8, 4) is 0 Å². The van der Waals surface area contributed by atoms with Crippen molar-refractivity contribution in [2.75, 3.05) is 6.61 Å². The maximum atomic E-state index is 11.7. The lowest BCUT2D eigenvalue weighted by Crippen LogP contribution is -2.45. The van der Waals surface area contributed by atoms with Crippen molar-refractivity contribution in [2.24, 2.45) is 7.05 Å². The van der Waals surface area contributed by atoms with Crippen LogP contribution in [0.25, 0.3) is 0 Å². The van der Waals surface area contributed by atoms with Gasteiger partial charge in [-0.25, -0.2) is 9.59 Å². The molecule has 1 aromatic heterocycles. The van der Waals surface area contributed by atoms with Gasteiger partial charge >= 0.3 is 11.7 Å². The third-order valence-corrected chi connectivity index (χ3v) is 2.63. The number of rotatable bonds is 6. The average Bonchev–Trinajstić information content (AvgIpc) is 2.39. The fourth-order valence-corrected chi connectivity index (χ4v) is 1.52. The van der Waals surface area contributed by atoms with Gasteiger partial charge in [-0.05, 0) is 0 Å². The van der Waals surface area contributed by atoms with E-state index in [1.165, 1.54) is 7.05 Å². The number of nitrogens with zero attached hydrogens (tertiary/aromatic N) is 2. The van der Waals surface area contributed by atoms with E-state index in [2.05, 4.69) is 5.32 Å². The molecule has 0 saturated carbocycles. The van der Waals surface area contributed by atoms with E-state index in [4.69, 9.17) is 10.2 Å². The van der Waals surface area contributed by atoms with Crippen LogP contribution >= 0.6 is 0 Å². The van der Waals surface area contributed by atoms with E-state index >= 15 is 0 Å². The van der Waals surface area contributed by atoms with Gasteiger partial charge in [-0.3, -0.25) is 18.7 Å². The molecule has 0 radical (unpaired) electrons. The molecule has 0 aliphatic heterocycles. The lowest BCUT2D eigenvalue weighted by atomic mass is 10.2. The molecule has 1 aromatic rings. The summed E-state index contributed by atoms with van der Waals surface area (Å²) in [5.41, 5.74) is -1.18. The monoisotopic (exact) mass is 285 g/mol. The quantitative estimate of drug-likeness (QED) is 0.529.